The zero-order valence-corrected chi connectivity index (χ0v) is 10.7. The Bertz CT molecular complexity index is 552. The zero-order chi connectivity index (χ0) is 13.7. The predicted molar refractivity (Wildman–Crippen MR) is 71.4 cm³/mol. The van der Waals surface area contributed by atoms with Gasteiger partial charge in [-0.25, -0.2) is 0 Å². The Morgan fingerprint density at radius 2 is 2.32 bits per heavy atom. The van der Waals surface area contributed by atoms with Crippen LogP contribution in [0.25, 0.3) is 11.5 Å². The second-order valence-corrected chi connectivity index (χ2v) is 4.21. The Morgan fingerprint density at radius 3 is 2.95 bits per heavy atom. The molecular weight excluding hydrogens is 244 g/mol. The van der Waals surface area contributed by atoms with Gasteiger partial charge in [0.15, 0.2) is 0 Å². The number of anilines is 1. The first kappa shape index (κ1) is 13.2. The van der Waals surface area contributed by atoms with Gasteiger partial charge in [-0.3, -0.25) is 4.79 Å². The Hall–Kier alpha value is -2.21. The Kier molecular flexibility index (Phi) is 4.25. The first-order valence-electron chi connectivity index (χ1n) is 6.08. The third-order valence-electron chi connectivity index (χ3n) is 2.72. The Morgan fingerprint density at radius 1 is 1.47 bits per heavy atom. The van der Waals surface area contributed by atoms with E-state index in [9.17, 15) is 4.79 Å². The summed E-state index contributed by atoms with van der Waals surface area (Å²) >= 11 is 0. The van der Waals surface area contributed by atoms with Crippen LogP contribution in [0.3, 0.4) is 0 Å². The van der Waals surface area contributed by atoms with Crippen molar-refractivity contribution in [2.24, 2.45) is 5.73 Å². The lowest BCUT2D eigenvalue weighted by molar-refractivity contribution is -0.116. The van der Waals surface area contributed by atoms with Crippen LogP contribution >= 0.6 is 0 Å². The molecule has 6 nitrogen and oxygen atoms in total. The fraction of sp³-hybridized carbons (Fsp3) is 0.308. The lowest BCUT2D eigenvalue weighted by Crippen LogP contribution is -2.14. The summed E-state index contributed by atoms with van der Waals surface area (Å²) < 4.78 is 5.13. The number of aryl methyl sites for hydroxylation is 1. The molecule has 0 aliphatic heterocycles. The summed E-state index contributed by atoms with van der Waals surface area (Å²) in [4.78, 5) is 11.6. The number of nitrogens with two attached hydrogens (primary N) is 1. The number of hydrogen-bond donors (Lipinski definition) is 2. The number of carbonyl (C=O) groups is 1. The molecule has 0 saturated carbocycles. The van der Waals surface area contributed by atoms with Crippen molar-refractivity contribution >= 4 is 11.6 Å². The van der Waals surface area contributed by atoms with Crippen molar-refractivity contribution in [2.75, 3.05) is 11.9 Å². The van der Waals surface area contributed by atoms with Gasteiger partial charge in [0.2, 0.25) is 18.2 Å². The van der Waals surface area contributed by atoms with Crippen LogP contribution in [0, 0.1) is 6.92 Å². The van der Waals surface area contributed by atoms with Crippen molar-refractivity contribution in [1.82, 2.24) is 10.2 Å². The van der Waals surface area contributed by atoms with Gasteiger partial charge in [0.05, 0.1) is 0 Å². The number of aromatic nitrogens is 2. The number of nitrogens with zero attached hydrogens (tertiary/aromatic N) is 2. The van der Waals surface area contributed by atoms with E-state index in [1.54, 1.807) is 0 Å². The van der Waals surface area contributed by atoms with Gasteiger partial charge in [0.25, 0.3) is 0 Å². The Balaban J connectivity index is 2.09. The van der Waals surface area contributed by atoms with Crippen molar-refractivity contribution in [3.63, 3.8) is 0 Å². The van der Waals surface area contributed by atoms with Gasteiger partial charge in [-0.05, 0) is 43.7 Å². The fourth-order valence-corrected chi connectivity index (χ4v) is 1.71. The SMILES string of the molecule is Cc1cc(-c2nnco2)ccc1NC(=O)CCCN. The van der Waals surface area contributed by atoms with E-state index >= 15 is 0 Å². The van der Waals surface area contributed by atoms with E-state index in [1.165, 1.54) is 6.39 Å². The van der Waals surface area contributed by atoms with E-state index < -0.39 is 0 Å². The van der Waals surface area contributed by atoms with E-state index in [4.69, 9.17) is 10.2 Å². The topological polar surface area (TPSA) is 94.0 Å². The lowest BCUT2D eigenvalue weighted by Gasteiger charge is -2.09. The minimum atomic E-state index is -0.0286. The predicted octanol–water partition coefficient (Wildman–Crippen LogP) is 1.72. The van der Waals surface area contributed by atoms with Gasteiger partial charge in [0, 0.05) is 17.7 Å². The third kappa shape index (κ3) is 3.38. The van der Waals surface area contributed by atoms with E-state index in [-0.39, 0.29) is 5.91 Å². The van der Waals surface area contributed by atoms with Crippen LogP contribution in [-0.4, -0.2) is 22.6 Å². The molecule has 0 aliphatic carbocycles. The molecule has 1 aromatic carbocycles. The maximum atomic E-state index is 11.6. The average Bonchev–Trinajstić information content (AvgIpc) is 2.92. The molecule has 1 amide bonds. The first-order chi connectivity index (χ1) is 9.20. The highest BCUT2D eigenvalue weighted by Gasteiger charge is 2.08. The van der Waals surface area contributed by atoms with Gasteiger partial charge in [-0.15, -0.1) is 10.2 Å². The summed E-state index contributed by atoms with van der Waals surface area (Å²) in [7, 11) is 0. The largest absolute Gasteiger partial charge is 0.423 e. The molecule has 2 aromatic rings. The van der Waals surface area contributed by atoms with E-state index in [0.717, 1.165) is 16.8 Å². The van der Waals surface area contributed by atoms with Crippen molar-refractivity contribution in [3.8, 4) is 11.5 Å². The number of benzene rings is 1. The summed E-state index contributed by atoms with van der Waals surface area (Å²) in [5.74, 6) is 0.434. The van der Waals surface area contributed by atoms with Gasteiger partial charge in [0.1, 0.15) is 0 Å². The monoisotopic (exact) mass is 260 g/mol. The molecule has 0 spiro atoms. The molecule has 1 heterocycles. The van der Waals surface area contributed by atoms with Crippen LogP contribution in [0.4, 0.5) is 5.69 Å². The van der Waals surface area contributed by atoms with Gasteiger partial charge in [-0.1, -0.05) is 0 Å². The summed E-state index contributed by atoms with van der Waals surface area (Å²) in [5.41, 5.74) is 7.92. The second kappa shape index (κ2) is 6.10. The lowest BCUT2D eigenvalue weighted by atomic mass is 10.1. The number of amides is 1. The average molecular weight is 260 g/mol. The summed E-state index contributed by atoms with van der Waals surface area (Å²) in [6.07, 6.45) is 2.40. The van der Waals surface area contributed by atoms with Crippen LogP contribution in [-0.2, 0) is 4.79 Å². The highest BCUT2D eigenvalue weighted by atomic mass is 16.4. The zero-order valence-electron chi connectivity index (χ0n) is 10.7. The molecule has 0 saturated heterocycles. The maximum Gasteiger partial charge on any atom is 0.247 e. The van der Waals surface area contributed by atoms with Crippen LogP contribution in [0.2, 0.25) is 0 Å². The number of hydrogen-bond acceptors (Lipinski definition) is 5. The first-order valence-corrected chi connectivity index (χ1v) is 6.08. The fourth-order valence-electron chi connectivity index (χ4n) is 1.71. The molecule has 0 aliphatic rings. The molecule has 0 radical (unpaired) electrons. The second-order valence-electron chi connectivity index (χ2n) is 4.21. The number of carbonyl (C=O) groups excluding carboxylic acids is 1. The quantitative estimate of drug-likeness (QED) is 0.853. The van der Waals surface area contributed by atoms with Crippen molar-refractivity contribution in [3.05, 3.63) is 30.2 Å². The molecule has 6 heteroatoms. The van der Waals surface area contributed by atoms with E-state index in [2.05, 4.69) is 15.5 Å². The molecule has 0 fully saturated rings. The third-order valence-corrected chi connectivity index (χ3v) is 2.72. The minimum absolute atomic E-state index is 0.0286. The van der Waals surface area contributed by atoms with Crippen molar-refractivity contribution in [1.29, 1.82) is 0 Å². The smallest absolute Gasteiger partial charge is 0.247 e. The van der Waals surface area contributed by atoms with Gasteiger partial charge < -0.3 is 15.5 Å². The normalized spacial score (nSPS) is 10.4. The molecule has 100 valence electrons. The molecule has 3 N–H and O–H groups in total. The van der Waals surface area contributed by atoms with Gasteiger partial charge >= 0.3 is 0 Å². The molecule has 0 bridgehead atoms. The van der Waals surface area contributed by atoms with Crippen molar-refractivity contribution in [2.45, 2.75) is 19.8 Å². The molecule has 2 rings (SSSR count). The highest BCUT2D eigenvalue weighted by molar-refractivity contribution is 5.91. The van der Waals surface area contributed by atoms with Crippen LogP contribution in [0.5, 0.6) is 0 Å². The van der Waals surface area contributed by atoms with E-state index in [0.29, 0.717) is 25.3 Å². The molecule has 0 atom stereocenters. The summed E-state index contributed by atoms with van der Waals surface area (Å²) in [5, 5.41) is 10.3. The van der Waals surface area contributed by atoms with Crippen molar-refractivity contribution < 1.29 is 9.21 Å². The van der Waals surface area contributed by atoms with Crippen LogP contribution in [0.1, 0.15) is 18.4 Å². The van der Waals surface area contributed by atoms with Gasteiger partial charge in [-0.2, -0.15) is 0 Å². The molecular formula is C13H16N4O2. The van der Waals surface area contributed by atoms with E-state index in [1.807, 2.05) is 25.1 Å². The maximum absolute atomic E-state index is 11.6. The summed E-state index contributed by atoms with van der Waals surface area (Å²) in [6, 6.07) is 5.56. The molecule has 19 heavy (non-hydrogen) atoms. The summed E-state index contributed by atoms with van der Waals surface area (Å²) in [6.45, 7) is 2.43. The molecule has 0 unspecified atom stereocenters. The van der Waals surface area contributed by atoms with Crippen LogP contribution < -0.4 is 11.1 Å². The van der Waals surface area contributed by atoms with Crippen LogP contribution in [0.15, 0.2) is 29.0 Å². The molecule has 1 aromatic heterocycles. The highest BCUT2D eigenvalue weighted by Crippen LogP contribution is 2.23. The number of nitrogens with one attached hydrogen (secondary N) is 1. The standard InChI is InChI=1S/C13H16N4O2/c1-9-7-10(13-17-15-8-19-13)4-5-11(9)16-12(18)3-2-6-14/h4-5,7-8H,2-3,6,14H2,1H3,(H,16,18). The Labute approximate surface area is 111 Å². The number of rotatable bonds is 5. The minimum Gasteiger partial charge on any atom is -0.423 e.